The number of amides is 1. The molecule has 0 aromatic heterocycles. The summed E-state index contributed by atoms with van der Waals surface area (Å²) in [6.07, 6.45) is -0.566. The van der Waals surface area contributed by atoms with Crippen LogP contribution in [0.5, 0.6) is 5.75 Å². The summed E-state index contributed by atoms with van der Waals surface area (Å²) in [5.74, 6) is 0.358. The van der Waals surface area contributed by atoms with Gasteiger partial charge in [-0.1, -0.05) is 0 Å². The van der Waals surface area contributed by atoms with Crippen molar-refractivity contribution in [2.24, 2.45) is 5.18 Å². The Kier molecular flexibility index (Phi) is 3.60. The number of nitrogens with one attached hydrogen (secondary N) is 1. The molecule has 1 aromatic rings. The SMILES string of the molecule is CNC(=O)Oc1cc(N=O)c(C)c(C)c1C. The lowest BCUT2D eigenvalue weighted by Gasteiger charge is -2.12. The van der Waals surface area contributed by atoms with Crippen molar-refractivity contribution in [3.8, 4) is 5.75 Å². The molecule has 0 saturated carbocycles. The summed E-state index contributed by atoms with van der Waals surface area (Å²) < 4.78 is 5.02. The Morgan fingerprint density at radius 1 is 1.25 bits per heavy atom. The molecular weight excluding hydrogens is 208 g/mol. The summed E-state index contributed by atoms with van der Waals surface area (Å²) in [5, 5.41) is 5.25. The van der Waals surface area contributed by atoms with Gasteiger partial charge in [0.2, 0.25) is 0 Å². The third kappa shape index (κ3) is 2.18. The first-order valence-corrected chi connectivity index (χ1v) is 4.85. The van der Waals surface area contributed by atoms with Gasteiger partial charge in [0.05, 0.1) is 0 Å². The van der Waals surface area contributed by atoms with Crippen LogP contribution < -0.4 is 10.1 Å². The van der Waals surface area contributed by atoms with Crippen molar-refractivity contribution in [2.45, 2.75) is 20.8 Å². The summed E-state index contributed by atoms with van der Waals surface area (Å²) in [6, 6.07) is 1.47. The summed E-state index contributed by atoms with van der Waals surface area (Å²) in [4.78, 5) is 21.7. The van der Waals surface area contributed by atoms with Crippen LogP contribution in [-0.2, 0) is 0 Å². The number of nitroso groups, excluding NO2 is 1. The van der Waals surface area contributed by atoms with E-state index < -0.39 is 6.09 Å². The molecular formula is C11H14N2O3. The fourth-order valence-corrected chi connectivity index (χ4v) is 1.35. The van der Waals surface area contributed by atoms with Crippen molar-refractivity contribution in [1.82, 2.24) is 5.32 Å². The molecule has 1 amide bonds. The number of hydrogen-bond donors (Lipinski definition) is 1. The molecule has 0 atom stereocenters. The normalized spacial score (nSPS) is 9.75. The molecule has 86 valence electrons. The van der Waals surface area contributed by atoms with Crippen LogP contribution in [0, 0.1) is 25.7 Å². The Morgan fingerprint density at radius 2 is 1.88 bits per heavy atom. The van der Waals surface area contributed by atoms with E-state index in [-0.39, 0.29) is 0 Å². The zero-order chi connectivity index (χ0) is 12.3. The Balaban J connectivity index is 3.24. The van der Waals surface area contributed by atoms with Gasteiger partial charge in [-0.15, -0.1) is 4.91 Å². The molecule has 1 N–H and O–H groups in total. The zero-order valence-corrected chi connectivity index (χ0v) is 9.75. The number of carbonyl (C=O) groups excluding carboxylic acids is 1. The summed E-state index contributed by atoms with van der Waals surface area (Å²) >= 11 is 0. The van der Waals surface area contributed by atoms with Crippen LogP contribution in [0.1, 0.15) is 16.7 Å². The second-order valence-corrected chi connectivity index (χ2v) is 3.50. The maximum Gasteiger partial charge on any atom is 0.412 e. The minimum absolute atomic E-state index is 0.294. The number of nitrogens with zero attached hydrogens (tertiary/aromatic N) is 1. The van der Waals surface area contributed by atoms with Crippen molar-refractivity contribution in [1.29, 1.82) is 0 Å². The van der Waals surface area contributed by atoms with Crippen LogP contribution in [0.3, 0.4) is 0 Å². The number of hydrogen-bond acceptors (Lipinski definition) is 4. The van der Waals surface area contributed by atoms with Crippen molar-refractivity contribution < 1.29 is 9.53 Å². The minimum Gasteiger partial charge on any atom is -0.410 e. The van der Waals surface area contributed by atoms with Gasteiger partial charge < -0.3 is 10.1 Å². The van der Waals surface area contributed by atoms with Gasteiger partial charge >= 0.3 is 6.09 Å². The summed E-state index contributed by atoms with van der Waals surface area (Å²) in [6.45, 7) is 5.49. The fourth-order valence-electron chi connectivity index (χ4n) is 1.35. The van der Waals surface area contributed by atoms with E-state index in [1.165, 1.54) is 13.1 Å². The quantitative estimate of drug-likeness (QED) is 0.782. The second-order valence-electron chi connectivity index (χ2n) is 3.50. The first-order chi connectivity index (χ1) is 7.51. The Bertz CT molecular complexity index is 441. The highest BCUT2D eigenvalue weighted by atomic mass is 16.6. The minimum atomic E-state index is -0.566. The molecule has 5 heteroatoms. The molecule has 0 aliphatic heterocycles. The lowest BCUT2D eigenvalue weighted by Crippen LogP contribution is -2.22. The Labute approximate surface area is 93.8 Å². The molecule has 0 bridgehead atoms. The van der Waals surface area contributed by atoms with Gasteiger partial charge in [0, 0.05) is 13.1 Å². The molecule has 1 aromatic carbocycles. The van der Waals surface area contributed by atoms with Crippen LogP contribution in [-0.4, -0.2) is 13.1 Å². The van der Waals surface area contributed by atoms with Crippen molar-refractivity contribution in [3.05, 3.63) is 27.7 Å². The van der Waals surface area contributed by atoms with Gasteiger partial charge in [-0.3, -0.25) is 0 Å². The smallest absolute Gasteiger partial charge is 0.410 e. The highest BCUT2D eigenvalue weighted by Gasteiger charge is 2.13. The Morgan fingerprint density at radius 3 is 2.38 bits per heavy atom. The third-order valence-electron chi connectivity index (χ3n) is 2.65. The van der Waals surface area contributed by atoms with Gasteiger partial charge in [0.15, 0.2) is 0 Å². The molecule has 1 rings (SSSR count). The van der Waals surface area contributed by atoms with Gasteiger partial charge in [-0.05, 0) is 42.6 Å². The van der Waals surface area contributed by atoms with E-state index >= 15 is 0 Å². The molecule has 5 nitrogen and oxygen atoms in total. The van der Waals surface area contributed by atoms with Crippen LogP contribution in [0.15, 0.2) is 11.2 Å². The first kappa shape index (κ1) is 12.2. The largest absolute Gasteiger partial charge is 0.412 e. The molecule has 0 fully saturated rings. The summed E-state index contributed by atoms with van der Waals surface area (Å²) in [7, 11) is 1.47. The van der Waals surface area contributed by atoms with Crippen LogP contribution >= 0.6 is 0 Å². The summed E-state index contributed by atoms with van der Waals surface area (Å²) in [5.41, 5.74) is 2.82. The van der Waals surface area contributed by atoms with E-state index in [1.807, 2.05) is 20.8 Å². The third-order valence-corrected chi connectivity index (χ3v) is 2.65. The van der Waals surface area contributed by atoms with Gasteiger partial charge in [-0.2, -0.15) is 0 Å². The molecule has 0 heterocycles. The van der Waals surface area contributed by atoms with Gasteiger partial charge in [0.25, 0.3) is 0 Å². The molecule has 0 aliphatic rings. The van der Waals surface area contributed by atoms with E-state index in [9.17, 15) is 9.70 Å². The van der Waals surface area contributed by atoms with Crippen molar-refractivity contribution >= 4 is 11.8 Å². The average molecular weight is 222 g/mol. The number of benzene rings is 1. The van der Waals surface area contributed by atoms with E-state index in [0.717, 1.165) is 16.7 Å². The lowest BCUT2D eigenvalue weighted by molar-refractivity contribution is 0.202. The maximum absolute atomic E-state index is 11.1. The predicted molar refractivity (Wildman–Crippen MR) is 61.2 cm³/mol. The lowest BCUT2D eigenvalue weighted by atomic mass is 10.0. The van der Waals surface area contributed by atoms with E-state index in [4.69, 9.17) is 4.74 Å². The average Bonchev–Trinajstić information content (AvgIpc) is 2.29. The van der Waals surface area contributed by atoms with Gasteiger partial charge in [0.1, 0.15) is 11.4 Å². The molecule has 0 radical (unpaired) electrons. The number of carbonyl (C=O) groups is 1. The molecule has 0 aliphatic carbocycles. The van der Waals surface area contributed by atoms with Crippen LogP contribution in [0.4, 0.5) is 10.5 Å². The van der Waals surface area contributed by atoms with E-state index in [1.54, 1.807) is 0 Å². The van der Waals surface area contributed by atoms with Crippen molar-refractivity contribution in [2.75, 3.05) is 7.05 Å². The molecule has 0 spiro atoms. The van der Waals surface area contributed by atoms with Crippen LogP contribution in [0.25, 0.3) is 0 Å². The first-order valence-electron chi connectivity index (χ1n) is 4.85. The number of rotatable bonds is 2. The second kappa shape index (κ2) is 4.74. The predicted octanol–water partition coefficient (Wildman–Crippen LogP) is 2.73. The van der Waals surface area contributed by atoms with Gasteiger partial charge in [-0.25, -0.2) is 4.79 Å². The van der Waals surface area contributed by atoms with Crippen LogP contribution in [0.2, 0.25) is 0 Å². The van der Waals surface area contributed by atoms with E-state index in [2.05, 4.69) is 10.5 Å². The highest BCUT2D eigenvalue weighted by molar-refractivity contribution is 5.72. The molecule has 16 heavy (non-hydrogen) atoms. The van der Waals surface area contributed by atoms with E-state index in [0.29, 0.717) is 11.4 Å². The molecule has 0 unspecified atom stereocenters. The maximum atomic E-state index is 11.1. The molecule has 0 saturated heterocycles. The standard InChI is InChI=1S/C11H14N2O3/c1-6-7(2)9(13-15)5-10(8(6)3)16-11(14)12-4/h5H,1-4H3,(H,12,14). The zero-order valence-electron chi connectivity index (χ0n) is 9.75. The number of ether oxygens (including phenoxy) is 1. The topological polar surface area (TPSA) is 67.8 Å². The monoisotopic (exact) mass is 222 g/mol. The highest BCUT2D eigenvalue weighted by Crippen LogP contribution is 2.32. The Hall–Kier alpha value is -1.91. The fraction of sp³-hybridized carbons (Fsp3) is 0.364. The van der Waals surface area contributed by atoms with Crippen molar-refractivity contribution in [3.63, 3.8) is 0 Å².